The number of hydrogen-bond donors (Lipinski definition) is 2. The molecule has 0 saturated carbocycles. The summed E-state index contributed by atoms with van der Waals surface area (Å²) in [6, 6.07) is 20.1. The van der Waals surface area contributed by atoms with Crippen LogP contribution in [0.4, 0.5) is 0 Å². The molecule has 1 unspecified atom stereocenters. The Balaban J connectivity index is 1.29. The standard InChI is InChI=1S/C29H24N2O6/c32-24-15-27-26(36-17-37-27)13-21(24)20(22-16-35-25-8-4-2-6-19(25)29(22)34)14-28(33)30-10-12-31-11-9-18-5-1-3-7-23(18)31/h1-9,11,13,15-16,20,32H,10,12,14,17H2,(H,30,33). The summed E-state index contributed by atoms with van der Waals surface area (Å²) in [5.74, 6) is -0.251. The number of phenols is 1. The highest BCUT2D eigenvalue weighted by molar-refractivity contribution is 5.81. The van der Waals surface area contributed by atoms with Crippen LogP contribution in [0.25, 0.3) is 21.9 Å². The summed E-state index contributed by atoms with van der Waals surface area (Å²) in [5.41, 5.74) is 1.95. The molecule has 1 amide bonds. The van der Waals surface area contributed by atoms with Crippen molar-refractivity contribution in [1.82, 2.24) is 9.88 Å². The van der Waals surface area contributed by atoms with Crippen molar-refractivity contribution in [2.45, 2.75) is 18.9 Å². The zero-order chi connectivity index (χ0) is 25.4. The predicted octanol–water partition coefficient (Wildman–Crippen LogP) is 4.52. The molecule has 0 bridgehead atoms. The average molecular weight is 497 g/mol. The van der Waals surface area contributed by atoms with E-state index in [1.807, 2.05) is 36.5 Å². The lowest BCUT2D eigenvalue weighted by molar-refractivity contribution is -0.121. The average Bonchev–Trinajstić information content (AvgIpc) is 3.54. The van der Waals surface area contributed by atoms with Crippen LogP contribution in [-0.4, -0.2) is 28.9 Å². The number of fused-ring (bicyclic) bond motifs is 3. The first-order valence-electron chi connectivity index (χ1n) is 12.0. The quantitative estimate of drug-likeness (QED) is 0.344. The molecule has 1 atom stereocenters. The highest BCUT2D eigenvalue weighted by atomic mass is 16.7. The van der Waals surface area contributed by atoms with Gasteiger partial charge in [0, 0.05) is 54.3 Å². The summed E-state index contributed by atoms with van der Waals surface area (Å²) < 4.78 is 18.7. The summed E-state index contributed by atoms with van der Waals surface area (Å²) >= 11 is 0. The van der Waals surface area contributed by atoms with Gasteiger partial charge in [-0.2, -0.15) is 0 Å². The van der Waals surface area contributed by atoms with Crippen LogP contribution in [0.1, 0.15) is 23.5 Å². The lowest BCUT2D eigenvalue weighted by Gasteiger charge is -2.19. The number of aromatic hydroxyl groups is 1. The Labute approximate surface area is 211 Å². The molecule has 0 spiro atoms. The number of carbonyl (C=O) groups excluding carboxylic acids is 1. The highest BCUT2D eigenvalue weighted by Gasteiger charge is 2.28. The molecule has 3 aromatic carbocycles. The van der Waals surface area contributed by atoms with Crippen molar-refractivity contribution in [1.29, 1.82) is 0 Å². The fourth-order valence-corrected chi connectivity index (χ4v) is 4.86. The summed E-state index contributed by atoms with van der Waals surface area (Å²) in [6.07, 6.45) is 3.30. The molecule has 6 rings (SSSR count). The zero-order valence-corrected chi connectivity index (χ0v) is 19.8. The molecule has 1 aliphatic heterocycles. The predicted molar refractivity (Wildman–Crippen MR) is 138 cm³/mol. The third kappa shape index (κ3) is 4.27. The van der Waals surface area contributed by atoms with Gasteiger partial charge in [-0.05, 0) is 35.7 Å². The lowest BCUT2D eigenvalue weighted by Crippen LogP contribution is -2.29. The molecule has 5 aromatic rings. The van der Waals surface area contributed by atoms with E-state index in [0.29, 0.717) is 41.1 Å². The number of phenolic OH excluding ortho intramolecular Hbond substituents is 1. The molecule has 3 heterocycles. The van der Waals surface area contributed by atoms with Gasteiger partial charge >= 0.3 is 0 Å². The summed E-state index contributed by atoms with van der Waals surface area (Å²) in [5, 5.41) is 15.3. The topological polar surface area (TPSA) is 103 Å². The first kappa shape index (κ1) is 22.7. The van der Waals surface area contributed by atoms with Gasteiger partial charge in [-0.15, -0.1) is 0 Å². The second-order valence-electron chi connectivity index (χ2n) is 8.96. The second kappa shape index (κ2) is 9.39. The number of nitrogens with one attached hydrogen (secondary N) is 1. The van der Waals surface area contributed by atoms with Crippen molar-refractivity contribution < 1.29 is 23.8 Å². The zero-order valence-electron chi connectivity index (χ0n) is 19.8. The molecule has 0 fully saturated rings. The molecular formula is C29H24N2O6. The molecule has 37 heavy (non-hydrogen) atoms. The normalized spacial score (nSPS) is 13.2. The Morgan fingerprint density at radius 2 is 1.78 bits per heavy atom. The Hall–Kier alpha value is -4.72. The van der Waals surface area contributed by atoms with Crippen LogP contribution in [0.3, 0.4) is 0 Å². The number of hydrogen-bond acceptors (Lipinski definition) is 6. The molecule has 186 valence electrons. The number of nitrogens with zero attached hydrogens (tertiary/aromatic N) is 1. The molecule has 0 aliphatic carbocycles. The van der Waals surface area contributed by atoms with Crippen molar-refractivity contribution in [3.05, 3.63) is 101 Å². The van der Waals surface area contributed by atoms with Crippen molar-refractivity contribution >= 4 is 27.8 Å². The third-order valence-corrected chi connectivity index (χ3v) is 6.72. The van der Waals surface area contributed by atoms with Gasteiger partial charge in [-0.3, -0.25) is 9.59 Å². The number of ether oxygens (including phenoxy) is 2. The highest BCUT2D eigenvalue weighted by Crippen LogP contribution is 2.42. The molecule has 2 aromatic heterocycles. The van der Waals surface area contributed by atoms with Gasteiger partial charge in [0.25, 0.3) is 0 Å². The minimum absolute atomic E-state index is 0.0373. The van der Waals surface area contributed by atoms with Crippen LogP contribution in [0.5, 0.6) is 17.2 Å². The number of benzene rings is 3. The Morgan fingerprint density at radius 3 is 2.68 bits per heavy atom. The van der Waals surface area contributed by atoms with Gasteiger partial charge < -0.3 is 28.9 Å². The number of carbonyl (C=O) groups is 1. The van der Waals surface area contributed by atoms with Crippen molar-refractivity contribution in [2.24, 2.45) is 0 Å². The van der Waals surface area contributed by atoms with Crippen LogP contribution in [0, 0.1) is 0 Å². The molecular weight excluding hydrogens is 472 g/mol. The van der Waals surface area contributed by atoms with Crippen LogP contribution >= 0.6 is 0 Å². The molecule has 8 heteroatoms. The molecule has 1 aliphatic rings. The van der Waals surface area contributed by atoms with E-state index in [0.717, 1.165) is 10.9 Å². The van der Waals surface area contributed by atoms with Crippen LogP contribution in [-0.2, 0) is 11.3 Å². The van der Waals surface area contributed by atoms with E-state index in [-0.39, 0.29) is 35.9 Å². The molecule has 0 radical (unpaired) electrons. The largest absolute Gasteiger partial charge is 0.508 e. The van der Waals surface area contributed by atoms with Crippen molar-refractivity contribution in [2.75, 3.05) is 13.3 Å². The maximum atomic E-state index is 13.4. The fraction of sp³-hybridized carbons (Fsp3) is 0.172. The lowest BCUT2D eigenvalue weighted by atomic mass is 9.87. The Morgan fingerprint density at radius 1 is 1.00 bits per heavy atom. The van der Waals surface area contributed by atoms with Gasteiger partial charge in [0.1, 0.15) is 11.3 Å². The first-order valence-corrected chi connectivity index (χ1v) is 12.0. The SMILES string of the molecule is O=C(CC(c1cc2c(cc1O)OCO2)c1coc2ccccc2c1=O)NCCn1ccc2ccccc21. The number of amides is 1. The van der Waals surface area contributed by atoms with Gasteiger partial charge in [-0.25, -0.2) is 0 Å². The van der Waals surface area contributed by atoms with E-state index in [9.17, 15) is 14.7 Å². The monoisotopic (exact) mass is 496 g/mol. The van der Waals surface area contributed by atoms with Gasteiger partial charge in [0.15, 0.2) is 16.9 Å². The molecule has 0 saturated heterocycles. The van der Waals surface area contributed by atoms with Crippen LogP contribution in [0.15, 0.2) is 88.4 Å². The number of rotatable bonds is 7. The van der Waals surface area contributed by atoms with Crippen molar-refractivity contribution in [3.63, 3.8) is 0 Å². The maximum absolute atomic E-state index is 13.4. The number of aromatic nitrogens is 1. The summed E-state index contributed by atoms with van der Waals surface area (Å²) in [4.78, 5) is 26.6. The summed E-state index contributed by atoms with van der Waals surface area (Å²) in [7, 11) is 0. The van der Waals surface area contributed by atoms with E-state index in [2.05, 4.69) is 9.88 Å². The number of para-hydroxylation sites is 2. The third-order valence-electron chi connectivity index (χ3n) is 6.72. The maximum Gasteiger partial charge on any atom is 0.231 e. The fourth-order valence-electron chi connectivity index (χ4n) is 4.86. The van der Waals surface area contributed by atoms with E-state index >= 15 is 0 Å². The van der Waals surface area contributed by atoms with Crippen molar-refractivity contribution in [3.8, 4) is 17.2 Å². The first-order chi connectivity index (χ1) is 18.1. The van der Waals surface area contributed by atoms with E-state index in [1.54, 1.807) is 30.3 Å². The Kier molecular flexibility index (Phi) is 5.76. The van der Waals surface area contributed by atoms with E-state index in [4.69, 9.17) is 13.9 Å². The van der Waals surface area contributed by atoms with Crippen LogP contribution < -0.4 is 20.2 Å². The minimum atomic E-state index is -0.761. The van der Waals surface area contributed by atoms with Gasteiger partial charge in [-0.1, -0.05) is 30.3 Å². The molecule has 8 nitrogen and oxygen atoms in total. The minimum Gasteiger partial charge on any atom is -0.508 e. The molecule has 2 N–H and O–H groups in total. The summed E-state index contributed by atoms with van der Waals surface area (Å²) in [6.45, 7) is 1.04. The smallest absolute Gasteiger partial charge is 0.231 e. The van der Waals surface area contributed by atoms with E-state index < -0.39 is 5.92 Å². The van der Waals surface area contributed by atoms with Gasteiger partial charge in [0.05, 0.1) is 11.6 Å². The van der Waals surface area contributed by atoms with Gasteiger partial charge in [0.2, 0.25) is 12.7 Å². The van der Waals surface area contributed by atoms with Crippen LogP contribution in [0.2, 0.25) is 0 Å². The van der Waals surface area contributed by atoms with E-state index in [1.165, 1.54) is 12.3 Å². The Bertz CT molecular complexity index is 1690. The second-order valence-corrected chi connectivity index (χ2v) is 8.96.